The number of benzene rings is 1. The molecule has 0 aromatic heterocycles. The van der Waals surface area contributed by atoms with Crippen LogP contribution in [0.15, 0.2) is 30.3 Å². The lowest BCUT2D eigenvalue weighted by Gasteiger charge is -2.36. The van der Waals surface area contributed by atoms with E-state index < -0.39 is 30.1 Å². The molecule has 2 heterocycles. The zero-order chi connectivity index (χ0) is 26.9. The van der Waals surface area contributed by atoms with E-state index in [2.05, 4.69) is 16.0 Å². The van der Waals surface area contributed by atoms with Crippen molar-refractivity contribution >= 4 is 29.5 Å². The van der Waals surface area contributed by atoms with E-state index in [0.717, 1.165) is 5.56 Å². The largest absolute Gasteiger partial charge is 0.356 e. The molecule has 3 rings (SSSR count). The van der Waals surface area contributed by atoms with Gasteiger partial charge in [0.25, 0.3) is 0 Å². The molecule has 0 bridgehead atoms. The lowest BCUT2D eigenvalue weighted by molar-refractivity contribution is -0.149. The summed E-state index contributed by atoms with van der Waals surface area (Å²) in [6, 6.07) is 6.33. The first-order valence-corrected chi connectivity index (χ1v) is 13.2. The average Bonchev–Trinajstić information content (AvgIpc) is 3.38. The van der Waals surface area contributed by atoms with Gasteiger partial charge in [-0.1, -0.05) is 37.3 Å². The SMILES string of the molecule is CC[C@@H]1NC(=O)[C@H](CCCCNC(C)=O)NC(=O)[C@H]2CCCN2C(=O)[C@H](Cc2ccccc2)N(C)C1=O. The van der Waals surface area contributed by atoms with E-state index in [1.807, 2.05) is 30.3 Å². The predicted octanol–water partition coefficient (Wildman–Crippen LogP) is 0.747. The summed E-state index contributed by atoms with van der Waals surface area (Å²) in [5.74, 6) is -1.49. The maximum Gasteiger partial charge on any atom is 0.246 e. The smallest absolute Gasteiger partial charge is 0.246 e. The van der Waals surface area contributed by atoms with Crippen molar-refractivity contribution < 1.29 is 24.0 Å². The van der Waals surface area contributed by atoms with Crippen LogP contribution in [-0.4, -0.2) is 83.6 Å². The Morgan fingerprint density at radius 2 is 1.70 bits per heavy atom. The molecular weight excluding hydrogens is 474 g/mol. The van der Waals surface area contributed by atoms with Crippen molar-refractivity contribution in [2.75, 3.05) is 20.1 Å². The number of unbranched alkanes of at least 4 members (excludes halogenated alkanes) is 1. The number of fused-ring (bicyclic) bond motifs is 1. The van der Waals surface area contributed by atoms with Gasteiger partial charge in [0, 0.05) is 33.5 Å². The van der Waals surface area contributed by atoms with Crippen LogP contribution < -0.4 is 16.0 Å². The van der Waals surface area contributed by atoms with Gasteiger partial charge in [-0.25, -0.2) is 0 Å². The van der Waals surface area contributed by atoms with Crippen molar-refractivity contribution in [2.24, 2.45) is 0 Å². The molecule has 5 amide bonds. The van der Waals surface area contributed by atoms with Crippen LogP contribution in [0.3, 0.4) is 0 Å². The third-order valence-electron chi connectivity index (χ3n) is 7.16. The molecule has 2 aliphatic heterocycles. The predicted molar refractivity (Wildman–Crippen MR) is 138 cm³/mol. The fourth-order valence-corrected chi connectivity index (χ4v) is 5.01. The monoisotopic (exact) mass is 513 g/mol. The molecule has 2 aliphatic rings. The maximum atomic E-state index is 13.8. The highest BCUT2D eigenvalue weighted by Gasteiger charge is 2.42. The standard InChI is InChI=1S/C27H39N5O5/c1-4-20-26(36)31(3)23(17-19-11-6-5-7-12-19)27(37)32-16-10-14-22(32)25(35)30-21(24(34)29-20)13-8-9-15-28-18(2)33/h5-7,11-12,20-23H,4,8-10,13-17H2,1-3H3,(H,28,33)(H,29,34)(H,30,35)/t20-,21-,22+,23-/m0/s1. The van der Waals surface area contributed by atoms with E-state index in [1.54, 1.807) is 18.9 Å². The highest BCUT2D eigenvalue weighted by atomic mass is 16.2. The number of carbonyl (C=O) groups excluding carboxylic acids is 5. The van der Waals surface area contributed by atoms with Crippen LogP contribution in [0.5, 0.6) is 0 Å². The van der Waals surface area contributed by atoms with Gasteiger partial charge < -0.3 is 25.8 Å². The Morgan fingerprint density at radius 3 is 2.38 bits per heavy atom. The van der Waals surface area contributed by atoms with E-state index in [-0.39, 0.29) is 23.6 Å². The average molecular weight is 514 g/mol. The Labute approximate surface area is 218 Å². The summed E-state index contributed by atoms with van der Waals surface area (Å²) in [6.45, 7) is 4.15. The van der Waals surface area contributed by atoms with Gasteiger partial charge in [0.2, 0.25) is 29.5 Å². The summed E-state index contributed by atoms with van der Waals surface area (Å²) in [5.41, 5.74) is 0.907. The van der Waals surface area contributed by atoms with E-state index in [1.165, 1.54) is 11.8 Å². The Kier molecular flexibility index (Phi) is 10.0. The topological polar surface area (TPSA) is 128 Å². The first-order chi connectivity index (χ1) is 17.7. The van der Waals surface area contributed by atoms with Crippen molar-refractivity contribution in [3.63, 3.8) is 0 Å². The van der Waals surface area contributed by atoms with Gasteiger partial charge in [0.05, 0.1) is 0 Å². The van der Waals surface area contributed by atoms with E-state index in [0.29, 0.717) is 58.0 Å². The molecule has 0 spiro atoms. The number of amides is 5. The van der Waals surface area contributed by atoms with Crippen LogP contribution in [0.1, 0.15) is 57.9 Å². The molecule has 2 fully saturated rings. The fraction of sp³-hybridized carbons (Fsp3) is 0.593. The molecule has 10 nitrogen and oxygen atoms in total. The molecule has 1 aromatic carbocycles. The van der Waals surface area contributed by atoms with Gasteiger partial charge in [-0.3, -0.25) is 24.0 Å². The fourth-order valence-electron chi connectivity index (χ4n) is 5.01. The van der Waals surface area contributed by atoms with Gasteiger partial charge in [-0.15, -0.1) is 0 Å². The highest BCUT2D eigenvalue weighted by Crippen LogP contribution is 2.23. The molecule has 0 unspecified atom stereocenters. The number of carbonyl (C=O) groups is 5. The molecule has 202 valence electrons. The molecule has 0 aliphatic carbocycles. The number of likely N-dealkylation sites (N-methyl/N-ethyl adjacent to an activating group) is 1. The lowest BCUT2D eigenvalue weighted by atomic mass is 10.0. The Bertz CT molecular complexity index is 985. The van der Waals surface area contributed by atoms with Crippen molar-refractivity contribution in [2.45, 2.75) is 83.0 Å². The third kappa shape index (κ3) is 7.30. The molecule has 1 aromatic rings. The van der Waals surface area contributed by atoms with Crippen LogP contribution in [0.4, 0.5) is 0 Å². The summed E-state index contributed by atoms with van der Waals surface area (Å²) in [7, 11) is 1.60. The molecular formula is C27H39N5O5. The second kappa shape index (κ2) is 13.2. The zero-order valence-corrected chi connectivity index (χ0v) is 22.0. The molecule has 2 saturated heterocycles. The van der Waals surface area contributed by atoms with Crippen molar-refractivity contribution in [3.05, 3.63) is 35.9 Å². The second-order valence-electron chi connectivity index (χ2n) is 9.85. The zero-order valence-electron chi connectivity index (χ0n) is 22.0. The first kappa shape index (κ1) is 28.1. The van der Waals surface area contributed by atoms with Gasteiger partial charge >= 0.3 is 0 Å². The van der Waals surface area contributed by atoms with Crippen LogP contribution in [-0.2, 0) is 30.4 Å². The molecule has 3 N–H and O–H groups in total. The number of hydrogen-bond donors (Lipinski definition) is 3. The van der Waals surface area contributed by atoms with Crippen molar-refractivity contribution in [1.29, 1.82) is 0 Å². The van der Waals surface area contributed by atoms with Crippen molar-refractivity contribution in [3.8, 4) is 0 Å². The van der Waals surface area contributed by atoms with E-state index in [4.69, 9.17) is 0 Å². The highest BCUT2D eigenvalue weighted by molar-refractivity contribution is 5.97. The molecule has 37 heavy (non-hydrogen) atoms. The number of rotatable bonds is 8. The van der Waals surface area contributed by atoms with E-state index in [9.17, 15) is 24.0 Å². The number of nitrogens with one attached hydrogen (secondary N) is 3. The minimum Gasteiger partial charge on any atom is -0.356 e. The normalized spacial score (nSPS) is 25.1. The second-order valence-corrected chi connectivity index (χ2v) is 9.85. The van der Waals surface area contributed by atoms with E-state index >= 15 is 0 Å². The maximum absolute atomic E-state index is 13.8. The third-order valence-corrected chi connectivity index (χ3v) is 7.16. The molecule has 0 radical (unpaired) electrons. The molecule has 4 atom stereocenters. The molecule has 0 saturated carbocycles. The minimum absolute atomic E-state index is 0.123. The minimum atomic E-state index is -0.839. The lowest BCUT2D eigenvalue weighted by Crippen LogP contribution is -2.61. The number of hydrogen-bond acceptors (Lipinski definition) is 5. The Hall–Kier alpha value is -3.43. The number of nitrogens with zero attached hydrogens (tertiary/aromatic N) is 2. The van der Waals surface area contributed by atoms with Crippen LogP contribution >= 0.6 is 0 Å². The Morgan fingerprint density at radius 1 is 1.00 bits per heavy atom. The first-order valence-electron chi connectivity index (χ1n) is 13.2. The summed E-state index contributed by atoms with van der Waals surface area (Å²) < 4.78 is 0. The summed E-state index contributed by atoms with van der Waals surface area (Å²) in [6.07, 6.45) is 3.43. The van der Waals surface area contributed by atoms with Crippen molar-refractivity contribution in [1.82, 2.24) is 25.8 Å². The van der Waals surface area contributed by atoms with Gasteiger partial charge in [-0.2, -0.15) is 0 Å². The van der Waals surface area contributed by atoms with Gasteiger partial charge in [0.1, 0.15) is 24.2 Å². The summed E-state index contributed by atoms with van der Waals surface area (Å²) in [4.78, 5) is 68.0. The van der Waals surface area contributed by atoms with Crippen LogP contribution in [0.25, 0.3) is 0 Å². The van der Waals surface area contributed by atoms with Crippen LogP contribution in [0, 0.1) is 0 Å². The summed E-state index contributed by atoms with van der Waals surface area (Å²) in [5, 5.41) is 8.39. The van der Waals surface area contributed by atoms with Gasteiger partial charge in [0.15, 0.2) is 0 Å². The summed E-state index contributed by atoms with van der Waals surface area (Å²) >= 11 is 0. The Balaban J connectivity index is 1.86. The quantitative estimate of drug-likeness (QED) is 0.442. The van der Waals surface area contributed by atoms with Crippen LogP contribution in [0.2, 0.25) is 0 Å². The van der Waals surface area contributed by atoms with Gasteiger partial charge in [-0.05, 0) is 44.1 Å². The molecule has 10 heteroatoms.